The molecule has 2 heterocycles. The van der Waals surface area contributed by atoms with Crippen molar-refractivity contribution < 1.29 is 4.79 Å². The van der Waals surface area contributed by atoms with E-state index in [2.05, 4.69) is 20.8 Å². The number of fused-ring (bicyclic) bond motifs is 1. The highest BCUT2D eigenvalue weighted by atomic mass is 16.1. The third kappa shape index (κ3) is 1.81. The number of hydrogen-bond donors (Lipinski definition) is 1. The van der Waals surface area contributed by atoms with E-state index in [1.54, 1.807) is 11.6 Å². The van der Waals surface area contributed by atoms with Crippen LogP contribution in [0.15, 0.2) is 41.6 Å². The van der Waals surface area contributed by atoms with Crippen molar-refractivity contribution in [3.8, 4) is 0 Å². The molecular formula is C13H13N5O. The van der Waals surface area contributed by atoms with Gasteiger partial charge < -0.3 is 5.32 Å². The Hall–Kier alpha value is -2.50. The molecule has 3 rings (SSSR count). The van der Waals surface area contributed by atoms with Gasteiger partial charge in [0.05, 0.1) is 0 Å². The summed E-state index contributed by atoms with van der Waals surface area (Å²) >= 11 is 0. The Kier molecular flexibility index (Phi) is 2.63. The molecule has 1 aromatic carbocycles. The quantitative estimate of drug-likeness (QED) is 0.881. The van der Waals surface area contributed by atoms with Gasteiger partial charge in [-0.2, -0.15) is 4.68 Å². The minimum absolute atomic E-state index is 0.0139. The van der Waals surface area contributed by atoms with Crippen LogP contribution in [0.1, 0.15) is 25.5 Å². The molecule has 0 spiro atoms. The zero-order valence-electron chi connectivity index (χ0n) is 10.7. The number of tetrazole rings is 1. The second kappa shape index (κ2) is 4.31. The first kappa shape index (κ1) is 11.6. The number of nitrogens with one attached hydrogen (secondary N) is 1. The number of nitrogens with zero attached hydrogens (tertiary/aromatic N) is 4. The van der Waals surface area contributed by atoms with E-state index in [1.165, 1.54) is 0 Å². The van der Waals surface area contributed by atoms with Crippen LogP contribution >= 0.6 is 0 Å². The van der Waals surface area contributed by atoms with E-state index in [-0.39, 0.29) is 11.8 Å². The average Bonchev–Trinajstić information content (AvgIpc) is 2.85. The summed E-state index contributed by atoms with van der Waals surface area (Å²) in [7, 11) is 0. The normalized spacial score (nSPS) is 17.9. The standard InChI is InChI=1S/C13H13N5O/c1-8-11(9(2)19)12(10-6-4-3-5-7-10)18-13(14-8)15-16-17-18/h3-7,12H,1-2H3,(H,14,15,17). The van der Waals surface area contributed by atoms with E-state index in [0.717, 1.165) is 11.3 Å². The highest BCUT2D eigenvalue weighted by molar-refractivity contribution is 5.96. The fraction of sp³-hybridized carbons (Fsp3) is 0.231. The zero-order valence-corrected chi connectivity index (χ0v) is 10.7. The Labute approximate surface area is 110 Å². The molecule has 1 aliphatic heterocycles. The number of hydrogen-bond acceptors (Lipinski definition) is 5. The minimum Gasteiger partial charge on any atom is -0.327 e. The van der Waals surface area contributed by atoms with Crippen LogP contribution in [0.2, 0.25) is 0 Å². The summed E-state index contributed by atoms with van der Waals surface area (Å²) in [5, 5.41) is 14.6. The van der Waals surface area contributed by atoms with Gasteiger partial charge in [0, 0.05) is 11.3 Å². The van der Waals surface area contributed by atoms with Crippen LogP contribution in [0.3, 0.4) is 0 Å². The van der Waals surface area contributed by atoms with Crippen LogP contribution in [0.4, 0.5) is 5.95 Å². The average molecular weight is 255 g/mol. The highest BCUT2D eigenvalue weighted by Gasteiger charge is 2.31. The number of rotatable bonds is 2. The molecule has 1 aliphatic rings. The maximum absolute atomic E-state index is 11.9. The van der Waals surface area contributed by atoms with E-state index in [0.29, 0.717) is 11.5 Å². The predicted octanol–water partition coefficient (Wildman–Crippen LogP) is 1.55. The Morgan fingerprint density at radius 3 is 2.74 bits per heavy atom. The van der Waals surface area contributed by atoms with E-state index in [9.17, 15) is 4.79 Å². The maximum Gasteiger partial charge on any atom is 0.248 e. The van der Waals surface area contributed by atoms with Crippen LogP contribution in [0, 0.1) is 0 Å². The first-order valence-corrected chi connectivity index (χ1v) is 6.00. The summed E-state index contributed by atoms with van der Waals surface area (Å²) in [6, 6.07) is 9.48. The second-order valence-electron chi connectivity index (χ2n) is 4.48. The maximum atomic E-state index is 11.9. The summed E-state index contributed by atoms with van der Waals surface area (Å²) in [4.78, 5) is 11.9. The fourth-order valence-electron chi connectivity index (χ4n) is 2.41. The van der Waals surface area contributed by atoms with E-state index in [4.69, 9.17) is 0 Å². The molecule has 1 unspecified atom stereocenters. The molecule has 2 aromatic rings. The number of aromatic nitrogens is 4. The lowest BCUT2D eigenvalue weighted by Gasteiger charge is -2.27. The van der Waals surface area contributed by atoms with Crippen molar-refractivity contribution in [2.75, 3.05) is 5.32 Å². The molecule has 0 aliphatic carbocycles. The summed E-state index contributed by atoms with van der Waals surface area (Å²) in [5.74, 6) is 0.566. The lowest BCUT2D eigenvalue weighted by Crippen LogP contribution is -2.27. The van der Waals surface area contributed by atoms with Crippen molar-refractivity contribution in [1.29, 1.82) is 0 Å². The molecule has 1 N–H and O–H groups in total. The topological polar surface area (TPSA) is 72.7 Å². The summed E-state index contributed by atoms with van der Waals surface area (Å²) < 4.78 is 1.64. The molecule has 0 saturated heterocycles. The summed E-state index contributed by atoms with van der Waals surface area (Å²) in [6.45, 7) is 3.43. The van der Waals surface area contributed by atoms with Gasteiger partial charge in [0.2, 0.25) is 5.95 Å². The van der Waals surface area contributed by atoms with Gasteiger partial charge in [0.25, 0.3) is 0 Å². The monoisotopic (exact) mass is 255 g/mol. The number of ketones is 1. The first-order chi connectivity index (χ1) is 9.18. The lowest BCUT2D eigenvalue weighted by molar-refractivity contribution is -0.114. The van der Waals surface area contributed by atoms with E-state index in [1.807, 2.05) is 37.3 Å². The number of anilines is 1. The van der Waals surface area contributed by atoms with Gasteiger partial charge in [-0.15, -0.1) is 0 Å². The highest BCUT2D eigenvalue weighted by Crippen LogP contribution is 2.34. The molecule has 1 atom stereocenters. The van der Waals surface area contributed by atoms with Gasteiger partial charge in [0.15, 0.2) is 5.78 Å². The fourth-order valence-corrected chi connectivity index (χ4v) is 2.41. The molecule has 19 heavy (non-hydrogen) atoms. The van der Waals surface area contributed by atoms with E-state index < -0.39 is 0 Å². The zero-order chi connectivity index (χ0) is 13.4. The molecule has 0 amide bonds. The predicted molar refractivity (Wildman–Crippen MR) is 69.4 cm³/mol. The third-order valence-corrected chi connectivity index (χ3v) is 3.21. The largest absolute Gasteiger partial charge is 0.327 e. The Balaban J connectivity index is 2.21. The SMILES string of the molecule is CC(=O)C1=C(C)Nc2nnnn2C1c1ccccc1. The molecule has 0 bridgehead atoms. The van der Waals surface area contributed by atoms with Crippen LogP contribution in [-0.4, -0.2) is 26.0 Å². The lowest BCUT2D eigenvalue weighted by atomic mass is 9.93. The van der Waals surface area contributed by atoms with Crippen LogP contribution in [0.25, 0.3) is 0 Å². The molecule has 1 aromatic heterocycles. The van der Waals surface area contributed by atoms with Crippen molar-refractivity contribution in [3.63, 3.8) is 0 Å². The first-order valence-electron chi connectivity index (χ1n) is 6.00. The molecular weight excluding hydrogens is 242 g/mol. The van der Waals surface area contributed by atoms with Crippen LogP contribution in [0.5, 0.6) is 0 Å². The molecule has 0 radical (unpaired) electrons. The van der Waals surface area contributed by atoms with Crippen LogP contribution in [-0.2, 0) is 4.79 Å². The van der Waals surface area contributed by atoms with Crippen molar-refractivity contribution in [3.05, 3.63) is 47.2 Å². The number of benzene rings is 1. The molecule has 96 valence electrons. The van der Waals surface area contributed by atoms with Gasteiger partial charge in [-0.1, -0.05) is 35.4 Å². The Morgan fingerprint density at radius 2 is 2.05 bits per heavy atom. The molecule has 0 saturated carbocycles. The Bertz CT molecular complexity index is 659. The third-order valence-electron chi connectivity index (χ3n) is 3.21. The van der Waals surface area contributed by atoms with Crippen molar-refractivity contribution in [1.82, 2.24) is 20.2 Å². The van der Waals surface area contributed by atoms with Crippen molar-refractivity contribution in [2.45, 2.75) is 19.9 Å². The van der Waals surface area contributed by atoms with Gasteiger partial charge in [-0.05, 0) is 29.8 Å². The number of allylic oxidation sites excluding steroid dienone is 2. The Morgan fingerprint density at radius 1 is 1.32 bits per heavy atom. The number of Topliss-reactive ketones (excluding diaryl/α,β-unsaturated/α-hetero) is 1. The van der Waals surface area contributed by atoms with Gasteiger partial charge in [-0.3, -0.25) is 4.79 Å². The van der Waals surface area contributed by atoms with Crippen LogP contribution < -0.4 is 5.32 Å². The molecule has 0 fully saturated rings. The van der Waals surface area contributed by atoms with Crippen molar-refractivity contribution in [2.24, 2.45) is 0 Å². The summed E-state index contributed by atoms with van der Waals surface area (Å²) in [5.41, 5.74) is 2.47. The molecule has 6 nitrogen and oxygen atoms in total. The van der Waals surface area contributed by atoms with Crippen molar-refractivity contribution >= 4 is 11.7 Å². The molecule has 6 heteroatoms. The van der Waals surface area contributed by atoms with Gasteiger partial charge >= 0.3 is 0 Å². The minimum atomic E-state index is -0.273. The number of carbonyl (C=O) groups is 1. The van der Waals surface area contributed by atoms with Gasteiger partial charge in [-0.25, -0.2) is 0 Å². The van der Waals surface area contributed by atoms with Gasteiger partial charge in [0.1, 0.15) is 6.04 Å². The van der Waals surface area contributed by atoms with E-state index >= 15 is 0 Å². The smallest absolute Gasteiger partial charge is 0.248 e. The summed E-state index contributed by atoms with van der Waals surface area (Å²) in [6.07, 6.45) is 0. The second-order valence-corrected chi connectivity index (χ2v) is 4.48. The number of carbonyl (C=O) groups excluding carboxylic acids is 1.